The van der Waals surface area contributed by atoms with E-state index in [4.69, 9.17) is 0 Å². The van der Waals surface area contributed by atoms with Crippen molar-refractivity contribution in [1.82, 2.24) is 15.2 Å². The van der Waals surface area contributed by atoms with Crippen LogP contribution >= 0.6 is 11.8 Å². The number of halogens is 3. The lowest BCUT2D eigenvalue weighted by molar-refractivity contribution is -0.137. The number of aromatic amines is 1. The van der Waals surface area contributed by atoms with Crippen LogP contribution in [0.3, 0.4) is 0 Å². The van der Waals surface area contributed by atoms with Crippen LogP contribution in [0.15, 0.2) is 101 Å². The summed E-state index contributed by atoms with van der Waals surface area (Å²) in [6.45, 7) is 0. The summed E-state index contributed by atoms with van der Waals surface area (Å²) in [6.07, 6.45) is 0.864. The number of rotatable bonds is 4. The molecule has 32 heavy (non-hydrogen) atoms. The smallest absolute Gasteiger partial charge is 0.278 e. The maximum atomic E-state index is 12.8. The predicted molar refractivity (Wildman–Crippen MR) is 120 cm³/mol. The molecule has 0 aliphatic carbocycles. The van der Waals surface area contributed by atoms with E-state index in [-0.39, 0.29) is 0 Å². The molecule has 3 nitrogen and oxygen atoms in total. The molecule has 0 fully saturated rings. The van der Waals surface area contributed by atoms with Gasteiger partial charge in [0.25, 0.3) is 0 Å². The highest BCUT2D eigenvalue weighted by molar-refractivity contribution is 7.99. The predicted octanol–water partition coefficient (Wildman–Crippen LogP) is 7.46. The molecule has 0 saturated carbocycles. The third-order valence-corrected chi connectivity index (χ3v) is 6.05. The second kappa shape index (κ2) is 8.16. The number of aromatic nitrogens is 3. The molecule has 0 radical (unpaired) electrons. The Hall–Kier alpha value is -3.58. The number of hydrogen-bond donors (Lipinski definition) is 1. The minimum atomic E-state index is -4.35. The molecule has 0 bridgehead atoms. The molecule has 5 rings (SSSR count). The fourth-order valence-corrected chi connectivity index (χ4v) is 4.39. The highest BCUT2D eigenvalue weighted by Gasteiger charge is 2.29. The van der Waals surface area contributed by atoms with Crippen LogP contribution in [0.1, 0.15) is 5.56 Å². The largest absolute Gasteiger partial charge is 0.416 e. The highest BCUT2D eigenvalue weighted by Crippen LogP contribution is 2.34. The van der Waals surface area contributed by atoms with Gasteiger partial charge in [-0.2, -0.15) is 18.3 Å². The summed E-state index contributed by atoms with van der Waals surface area (Å²) < 4.78 is 38.5. The summed E-state index contributed by atoms with van der Waals surface area (Å²) in [5.74, 6) is 0. The van der Waals surface area contributed by atoms with E-state index in [0.717, 1.165) is 49.5 Å². The molecule has 1 N–H and O–H groups in total. The van der Waals surface area contributed by atoms with Crippen molar-refractivity contribution >= 4 is 22.7 Å². The van der Waals surface area contributed by atoms with Crippen LogP contribution < -0.4 is 0 Å². The number of alkyl halides is 3. The van der Waals surface area contributed by atoms with Crippen LogP contribution in [0, 0.1) is 0 Å². The minimum absolute atomic E-state index is 0.662. The van der Waals surface area contributed by atoms with Gasteiger partial charge in [0, 0.05) is 33.1 Å². The Labute approximate surface area is 186 Å². The zero-order valence-corrected chi connectivity index (χ0v) is 17.4. The van der Waals surface area contributed by atoms with E-state index in [1.165, 1.54) is 12.1 Å². The number of fused-ring (bicyclic) bond motifs is 1. The van der Waals surface area contributed by atoms with Crippen molar-refractivity contribution in [2.75, 3.05) is 0 Å². The molecule has 0 unspecified atom stereocenters. The van der Waals surface area contributed by atoms with Crippen molar-refractivity contribution in [3.8, 4) is 22.3 Å². The summed E-state index contributed by atoms with van der Waals surface area (Å²) in [5, 5.41) is 8.07. The normalized spacial score (nSPS) is 11.7. The Morgan fingerprint density at radius 1 is 0.688 bits per heavy atom. The van der Waals surface area contributed by atoms with Crippen molar-refractivity contribution in [2.24, 2.45) is 0 Å². The van der Waals surface area contributed by atoms with Crippen molar-refractivity contribution in [3.63, 3.8) is 0 Å². The Balaban J connectivity index is 1.39. The van der Waals surface area contributed by atoms with E-state index < -0.39 is 11.7 Å². The maximum absolute atomic E-state index is 12.8. The molecule has 2 aromatic heterocycles. The van der Waals surface area contributed by atoms with Gasteiger partial charge in [-0.1, -0.05) is 42.1 Å². The van der Waals surface area contributed by atoms with E-state index >= 15 is 0 Å². The average Bonchev–Trinajstić information content (AvgIpc) is 3.27. The van der Waals surface area contributed by atoms with Gasteiger partial charge in [0.1, 0.15) is 0 Å². The first-order valence-corrected chi connectivity index (χ1v) is 10.6. The van der Waals surface area contributed by atoms with Gasteiger partial charge in [-0.15, -0.1) is 0 Å². The fraction of sp³-hybridized carbons (Fsp3) is 0.0400. The van der Waals surface area contributed by atoms with Crippen molar-refractivity contribution < 1.29 is 13.2 Å². The SMILES string of the molecule is FC(F)(F)c1ccc(-c2cncc(Sc3cccc(-c4ccc5[nH]ncc5c4)c3)c2)cc1. The lowest BCUT2D eigenvalue weighted by atomic mass is 10.0. The van der Waals surface area contributed by atoms with E-state index in [2.05, 4.69) is 39.4 Å². The molecule has 0 spiro atoms. The Kier molecular flexibility index (Phi) is 5.19. The first-order chi connectivity index (χ1) is 15.5. The van der Waals surface area contributed by atoms with E-state index in [0.29, 0.717) is 5.56 Å². The van der Waals surface area contributed by atoms with Crippen LogP contribution in [0.4, 0.5) is 13.2 Å². The summed E-state index contributed by atoms with van der Waals surface area (Å²) in [5.41, 5.74) is 3.97. The van der Waals surface area contributed by atoms with Gasteiger partial charge in [-0.05, 0) is 59.2 Å². The summed E-state index contributed by atoms with van der Waals surface area (Å²) >= 11 is 1.56. The third kappa shape index (κ3) is 4.24. The summed E-state index contributed by atoms with van der Waals surface area (Å²) in [6, 6.07) is 21.4. The second-order valence-corrected chi connectivity index (χ2v) is 8.43. The first-order valence-electron chi connectivity index (χ1n) is 9.80. The molecule has 7 heteroatoms. The van der Waals surface area contributed by atoms with Crippen LogP contribution in [-0.4, -0.2) is 15.2 Å². The molecular weight excluding hydrogens is 431 g/mol. The Morgan fingerprint density at radius 3 is 2.25 bits per heavy atom. The molecular formula is C25H16F3N3S. The molecule has 158 valence electrons. The van der Waals surface area contributed by atoms with Gasteiger partial charge >= 0.3 is 6.18 Å². The topological polar surface area (TPSA) is 41.6 Å². The van der Waals surface area contributed by atoms with Gasteiger partial charge in [-0.3, -0.25) is 10.1 Å². The Morgan fingerprint density at radius 2 is 1.44 bits per heavy atom. The Bertz CT molecular complexity index is 1390. The van der Waals surface area contributed by atoms with E-state index in [9.17, 15) is 13.2 Å². The standard InChI is InChI=1S/C25H16F3N3S/c26-25(27,28)21-7-4-16(5-8-21)19-12-23(15-29-13-19)32-22-3-1-2-17(11-22)18-6-9-24-20(10-18)14-30-31-24/h1-15H,(H,30,31). The molecule has 0 saturated heterocycles. The second-order valence-electron chi connectivity index (χ2n) is 7.29. The fourth-order valence-electron chi connectivity index (χ4n) is 3.48. The number of benzene rings is 3. The quantitative estimate of drug-likeness (QED) is 0.311. The van der Waals surface area contributed by atoms with E-state index in [1.807, 2.05) is 24.3 Å². The molecule has 0 aliphatic heterocycles. The maximum Gasteiger partial charge on any atom is 0.416 e. The van der Waals surface area contributed by atoms with Gasteiger partial charge in [0.05, 0.1) is 17.3 Å². The average molecular weight is 447 g/mol. The van der Waals surface area contributed by atoms with Gasteiger partial charge in [0.15, 0.2) is 0 Å². The van der Waals surface area contributed by atoms with Gasteiger partial charge < -0.3 is 0 Å². The van der Waals surface area contributed by atoms with Crippen LogP contribution in [-0.2, 0) is 6.18 Å². The number of hydrogen-bond acceptors (Lipinski definition) is 3. The zero-order chi connectivity index (χ0) is 22.1. The first kappa shape index (κ1) is 20.3. The lowest BCUT2D eigenvalue weighted by Gasteiger charge is -2.09. The minimum Gasteiger partial charge on any atom is -0.278 e. The van der Waals surface area contributed by atoms with Gasteiger partial charge in [0.2, 0.25) is 0 Å². The lowest BCUT2D eigenvalue weighted by Crippen LogP contribution is -2.03. The molecule has 0 aliphatic rings. The molecule has 3 aromatic carbocycles. The van der Waals surface area contributed by atoms with Crippen molar-refractivity contribution in [2.45, 2.75) is 16.0 Å². The highest BCUT2D eigenvalue weighted by atomic mass is 32.2. The van der Waals surface area contributed by atoms with Crippen LogP contribution in [0.2, 0.25) is 0 Å². The molecule has 5 aromatic rings. The molecule has 0 amide bonds. The summed E-state index contributed by atoms with van der Waals surface area (Å²) in [4.78, 5) is 6.23. The molecule has 2 heterocycles. The number of nitrogens with zero attached hydrogens (tertiary/aromatic N) is 2. The monoisotopic (exact) mass is 447 g/mol. The number of pyridine rings is 1. The van der Waals surface area contributed by atoms with Crippen LogP contribution in [0.5, 0.6) is 0 Å². The molecule has 0 atom stereocenters. The number of nitrogens with one attached hydrogen (secondary N) is 1. The summed E-state index contributed by atoms with van der Waals surface area (Å²) in [7, 11) is 0. The zero-order valence-electron chi connectivity index (χ0n) is 16.6. The van der Waals surface area contributed by atoms with Crippen LogP contribution in [0.25, 0.3) is 33.2 Å². The van der Waals surface area contributed by atoms with E-state index in [1.54, 1.807) is 30.4 Å². The van der Waals surface area contributed by atoms with Gasteiger partial charge in [-0.25, -0.2) is 0 Å². The third-order valence-electron chi connectivity index (χ3n) is 5.10. The van der Waals surface area contributed by atoms with Crippen molar-refractivity contribution in [1.29, 1.82) is 0 Å². The van der Waals surface area contributed by atoms with Crippen molar-refractivity contribution in [3.05, 3.63) is 97.0 Å². The number of H-pyrrole nitrogens is 1.